The third kappa shape index (κ3) is 3.70. The summed E-state index contributed by atoms with van der Waals surface area (Å²) in [6, 6.07) is 3.98. The third-order valence-corrected chi connectivity index (χ3v) is 5.22. The highest BCUT2D eigenvalue weighted by atomic mass is 15.3. The maximum absolute atomic E-state index is 4.51. The molecule has 0 atom stereocenters. The molecule has 0 bridgehead atoms. The third-order valence-electron chi connectivity index (χ3n) is 5.22. The van der Waals surface area contributed by atoms with Crippen LogP contribution in [0, 0.1) is 0 Å². The van der Waals surface area contributed by atoms with Crippen LogP contribution in [0.4, 0.5) is 17.6 Å². The first-order valence-electron chi connectivity index (χ1n) is 9.40. The zero-order chi connectivity index (χ0) is 17.8. The number of piperazine rings is 2. The zero-order valence-electron chi connectivity index (χ0n) is 15.3. The van der Waals surface area contributed by atoms with Gasteiger partial charge < -0.3 is 19.6 Å². The van der Waals surface area contributed by atoms with Crippen molar-refractivity contribution >= 4 is 17.6 Å². The molecule has 2 fully saturated rings. The Morgan fingerprint density at radius 3 is 1.85 bits per heavy atom. The first-order valence-corrected chi connectivity index (χ1v) is 9.40. The van der Waals surface area contributed by atoms with Gasteiger partial charge in [0.2, 0.25) is 5.95 Å². The van der Waals surface area contributed by atoms with Crippen LogP contribution in [0.2, 0.25) is 0 Å². The van der Waals surface area contributed by atoms with Gasteiger partial charge in [-0.2, -0.15) is 0 Å². The molecule has 0 amide bonds. The van der Waals surface area contributed by atoms with Gasteiger partial charge in [-0.1, -0.05) is 6.92 Å². The number of rotatable bonds is 4. The van der Waals surface area contributed by atoms with E-state index in [1.807, 2.05) is 6.07 Å². The Hall–Kier alpha value is -2.48. The Bertz CT molecular complexity index is 693. The fourth-order valence-corrected chi connectivity index (χ4v) is 3.57. The van der Waals surface area contributed by atoms with Crippen LogP contribution >= 0.6 is 0 Å². The molecule has 26 heavy (non-hydrogen) atoms. The lowest BCUT2D eigenvalue weighted by Gasteiger charge is -2.37. The molecule has 0 aliphatic carbocycles. The molecule has 8 nitrogen and oxygen atoms in total. The first-order chi connectivity index (χ1) is 12.8. The van der Waals surface area contributed by atoms with Crippen LogP contribution in [-0.4, -0.2) is 83.7 Å². The molecule has 0 saturated carbocycles. The summed E-state index contributed by atoms with van der Waals surface area (Å²) >= 11 is 0. The summed E-state index contributed by atoms with van der Waals surface area (Å²) < 4.78 is 0. The largest absolute Gasteiger partial charge is 0.354 e. The molecular formula is C18H26N8. The van der Waals surface area contributed by atoms with E-state index in [9.17, 15) is 0 Å². The summed E-state index contributed by atoms with van der Waals surface area (Å²) in [5.41, 5.74) is 0. The predicted molar refractivity (Wildman–Crippen MR) is 103 cm³/mol. The minimum absolute atomic E-state index is 0.810. The Kier molecular flexibility index (Phi) is 5.10. The van der Waals surface area contributed by atoms with Crippen molar-refractivity contribution in [2.75, 3.05) is 73.6 Å². The van der Waals surface area contributed by atoms with Crippen molar-refractivity contribution in [3.8, 4) is 0 Å². The molecule has 0 unspecified atom stereocenters. The summed E-state index contributed by atoms with van der Waals surface area (Å²) in [5.74, 6) is 2.87. The number of anilines is 3. The van der Waals surface area contributed by atoms with Crippen LogP contribution in [0.25, 0.3) is 0 Å². The van der Waals surface area contributed by atoms with Gasteiger partial charge >= 0.3 is 0 Å². The maximum atomic E-state index is 4.51. The summed E-state index contributed by atoms with van der Waals surface area (Å²) in [7, 11) is 0. The van der Waals surface area contributed by atoms with Crippen molar-refractivity contribution in [3.63, 3.8) is 0 Å². The number of nitrogens with zero attached hydrogens (tertiary/aromatic N) is 8. The first kappa shape index (κ1) is 17.0. The standard InChI is InChI=1S/C18H26N8/c1-2-23-6-8-24(9-7-23)16-14-17(22-15-21-16)25-10-12-26(13-11-25)18-19-4-3-5-20-18/h3-5,14-15H,2,6-13H2,1H3. The minimum Gasteiger partial charge on any atom is -0.354 e. The minimum atomic E-state index is 0.810. The molecule has 138 valence electrons. The van der Waals surface area contributed by atoms with Gasteiger partial charge in [-0.25, -0.2) is 19.9 Å². The lowest BCUT2D eigenvalue weighted by Crippen LogP contribution is -2.48. The van der Waals surface area contributed by atoms with Gasteiger partial charge in [0.15, 0.2) is 0 Å². The van der Waals surface area contributed by atoms with Gasteiger partial charge in [-0.3, -0.25) is 0 Å². The Labute approximate surface area is 154 Å². The van der Waals surface area contributed by atoms with E-state index in [2.05, 4.69) is 52.5 Å². The van der Waals surface area contributed by atoms with Crippen molar-refractivity contribution < 1.29 is 0 Å². The normalized spacial score (nSPS) is 19.0. The molecule has 2 aromatic rings. The molecule has 2 saturated heterocycles. The predicted octanol–water partition coefficient (Wildman–Crippen LogP) is 0.735. The summed E-state index contributed by atoms with van der Waals surface area (Å²) in [5, 5.41) is 0. The van der Waals surface area contributed by atoms with Crippen molar-refractivity contribution in [2.24, 2.45) is 0 Å². The Morgan fingerprint density at radius 1 is 0.731 bits per heavy atom. The zero-order valence-corrected chi connectivity index (χ0v) is 15.3. The van der Waals surface area contributed by atoms with Gasteiger partial charge in [0.25, 0.3) is 0 Å². The fraction of sp³-hybridized carbons (Fsp3) is 0.556. The van der Waals surface area contributed by atoms with Crippen molar-refractivity contribution in [2.45, 2.75) is 6.92 Å². The van der Waals surface area contributed by atoms with Gasteiger partial charge in [0, 0.05) is 70.8 Å². The number of hydrogen-bond donors (Lipinski definition) is 0. The summed E-state index contributed by atoms with van der Waals surface area (Å²) in [6.07, 6.45) is 5.29. The van der Waals surface area contributed by atoms with Gasteiger partial charge in [0.1, 0.15) is 18.0 Å². The highest BCUT2D eigenvalue weighted by Crippen LogP contribution is 2.21. The van der Waals surface area contributed by atoms with E-state index < -0.39 is 0 Å². The maximum Gasteiger partial charge on any atom is 0.225 e. The fourth-order valence-electron chi connectivity index (χ4n) is 3.57. The molecule has 0 aromatic carbocycles. The average molecular weight is 354 g/mol. The van der Waals surface area contributed by atoms with Gasteiger partial charge in [-0.15, -0.1) is 0 Å². The Morgan fingerprint density at radius 2 is 1.27 bits per heavy atom. The molecule has 4 heterocycles. The van der Waals surface area contributed by atoms with Crippen LogP contribution in [0.1, 0.15) is 6.92 Å². The van der Waals surface area contributed by atoms with E-state index in [0.29, 0.717) is 0 Å². The highest BCUT2D eigenvalue weighted by Gasteiger charge is 2.22. The second-order valence-electron chi connectivity index (χ2n) is 6.68. The van der Waals surface area contributed by atoms with Crippen LogP contribution in [-0.2, 0) is 0 Å². The molecule has 0 N–H and O–H groups in total. The number of likely N-dealkylation sites (N-methyl/N-ethyl adjacent to an activating group) is 1. The smallest absolute Gasteiger partial charge is 0.225 e. The lowest BCUT2D eigenvalue weighted by molar-refractivity contribution is 0.270. The molecule has 8 heteroatoms. The van der Waals surface area contributed by atoms with Crippen LogP contribution < -0.4 is 14.7 Å². The van der Waals surface area contributed by atoms with Crippen molar-refractivity contribution in [3.05, 3.63) is 30.9 Å². The van der Waals surface area contributed by atoms with E-state index in [1.54, 1.807) is 18.7 Å². The average Bonchev–Trinajstić information content (AvgIpc) is 2.75. The quantitative estimate of drug-likeness (QED) is 0.796. The topological polar surface area (TPSA) is 64.5 Å². The Balaban J connectivity index is 1.38. The molecule has 2 aromatic heterocycles. The van der Waals surface area contributed by atoms with Crippen LogP contribution in [0.15, 0.2) is 30.9 Å². The molecule has 2 aliphatic rings. The highest BCUT2D eigenvalue weighted by molar-refractivity contribution is 5.51. The van der Waals surface area contributed by atoms with Crippen molar-refractivity contribution in [1.82, 2.24) is 24.8 Å². The molecule has 0 radical (unpaired) electrons. The molecule has 2 aliphatic heterocycles. The van der Waals surface area contributed by atoms with E-state index in [4.69, 9.17) is 0 Å². The van der Waals surface area contributed by atoms with Gasteiger partial charge in [0.05, 0.1) is 0 Å². The second-order valence-corrected chi connectivity index (χ2v) is 6.68. The number of aromatic nitrogens is 4. The lowest BCUT2D eigenvalue weighted by atomic mass is 10.3. The van der Waals surface area contributed by atoms with E-state index in [0.717, 1.165) is 76.5 Å². The van der Waals surface area contributed by atoms with Gasteiger partial charge in [-0.05, 0) is 12.6 Å². The molecule has 4 rings (SSSR count). The van der Waals surface area contributed by atoms with E-state index in [-0.39, 0.29) is 0 Å². The second kappa shape index (κ2) is 7.82. The number of hydrogen-bond acceptors (Lipinski definition) is 8. The van der Waals surface area contributed by atoms with E-state index in [1.165, 1.54) is 0 Å². The van der Waals surface area contributed by atoms with E-state index >= 15 is 0 Å². The molecule has 0 spiro atoms. The van der Waals surface area contributed by atoms with Crippen LogP contribution in [0.3, 0.4) is 0 Å². The monoisotopic (exact) mass is 354 g/mol. The van der Waals surface area contributed by atoms with Crippen LogP contribution in [0.5, 0.6) is 0 Å². The SMILES string of the molecule is CCN1CCN(c2cc(N3CCN(c4ncccn4)CC3)ncn2)CC1. The van der Waals surface area contributed by atoms with Crippen molar-refractivity contribution in [1.29, 1.82) is 0 Å². The molecular weight excluding hydrogens is 328 g/mol. The summed E-state index contributed by atoms with van der Waals surface area (Å²) in [6.45, 7) is 11.2. The summed E-state index contributed by atoms with van der Waals surface area (Å²) in [4.78, 5) is 27.1.